The molecule has 3 aromatic carbocycles. The van der Waals surface area contributed by atoms with E-state index in [1.807, 2.05) is 59.3 Å². The van der Waals surface area contributed by atoms with Crippen LogP contribution >= 0.6 is 34.8 Å². The van der Waals surface area contributed by atoms with Crippen LogP contribution < -0.4 is 0 Å². The molecule has 152 valence electrons. The van der Waals surface area contributed by atoms with Gasteiger partial charge in [0.2, 0.25) is 0 Å². The van der Waals surface area contributed by atoms with E-state index >= 15 is 0 Å². The molecule has 0 saturated heterocycles. The molecule has 0 atom stereocenters. The Bertz CT molecular complexity index is 1280. The van der Waals surface area contributed by atoms with Gasteiger partial charge < -0.3 is 4.57 Å². The Morgan fingerprint density at radius 2 is 1.61 bits per heavy atom. The third-order valence-corrected chi connectivity index (χ3v) is 5.65. The molecule has 0 unspecified atom stereocenters. The minimum absolute atomic E-state index is 0.449. The number of nitriles is 1. The van der Waals surface area contributed by atoms with Gasteiger partial charge in [-0.25, -0.2) is 4.99 Å². The molecule has 31 heavy (non-hydrogen) atoms. The maximum Gasteiger partial charge on any atom is 0.151 e. The quantitative estimate of drug-likeness (QED) is 0.278. The average molecular weight is 465 g/mol. The first-order valence-electron chi connectivity index (χ1n) is 9.47. The molecule has 1 aromatic heterocycles. The average Bonchev–Trinajstić information content (AvgIpc) is 3.13. The van der Waals surface area contributed by atoms with Crippen molar-refractivity contribution in [2.24, 2.45) is 4.99 Å². The van der Waals surface area contributed by atoms with Crippen molar-refractivity contribution in [1.82, 2.24) is 4.57 Å². The molecular formula is C25H16Cl3N3. The Balaban J connectivity index is 1.82. The summed E-state index contributed by atoms with van der Waals surface area (Å²) < 4.78 is 1.93. The smallest absolute Gasteiger partial charge is 0.151 e. The lowest BCUT2D eigenvalue weighted by atomic mass is 10.1. The van der Waals surface area contributed by atoms with Gasteiger partial charge in [-0.15, -0.1) is 0 Å². The summed E-state index contributed by atoms with van der Waals surface area (Å²) >= 11 is 18.4. The lowest BCUT2D eigenvalue weighted by molar-refractivity contribution is 0.808. The lowest BCUT2D eigenvalue weighted by Crippen LogP contribution is -1.99. The Labute approximate surface area is 195 Å². The molecule has 0 N–H and O–H groups in total. The summed E-state index contributed by atoms with van der Waals surface area (Å²) in [5.41, 5.74) is 4.03. The van der Waals surface area contributed by atoms with Crippen LogP contribution in [0.25, 0.3) is 11.1 Å². The van der Waals surface area contributed by atoms with Gasteiger partial charge in [0.25, 0.3) is 0 Å². The highest BCUT2D eigenvalue weighted by molar-refractivity contribution is 6.35. The van der Waals surface area contributed by atoms with Gasteiger partial charge >= 0.3 is 0 Å². The van der Waals surface area contributed by atoms with Crippen LogP contribution in [0.2, 0.25) is 15.1 Å². The number of rotatable bonds is 5. The van der Waals surface area contributed by atoms with E-state index in [0.29, 0.717) is 33.0 Å². The van der Waals surface area contributed by atoms with Crippen LogP contribution in [0.3, 0.4) is 0 Å². The van der Waals surface area contributed by atoms with E-state index in [1.54, 1.807) is 30.5 Å². The van der Waals surface area contributed by atoms with Crippen molar-refractivity contribution < 1.29 is 0 Å². The summed E-state index contributed by atoms with van der Waals surface area (Å²) in [4.78, 5) is 4.67. The molecule has 4 rings (SSSR count). The van der Waals surface area contributed by atoms with Gasteiger partial charge in [-0.05, 0) is 41.0 Å². The van der Waals surface area contributed by atoms with Gasteiger partial charge in [-0.1, -0.05) is 83.3 Å². The molecule has 1 heterocycles. The predicted molar refractivity (Wildman–Crippen MR) is 129 cm³/mol. The Morgan fingerprint density at radius 1 is 0.903 bits per heavy atom. The SMILES string of the molecule is N#Cc1c(-c2ccccc2)cn(Cc2ccc(Cl)cc2Cl)c1/N=C/c1ccc(Cl)cc1. The highest BCUT2D eigenvalue weighted by Crippen LogP contribution is 2.34. The zero-order chi connectivity index (χ0) is 21.8. The summed E-state index contributed by atoms with van der Waals surface area (Å²) in [5, 5.41) is 11.8. The second kappa shape index (κ2) is 9.41. The molecule has 0 amide bonds. The molecular weight excluding hydrogens is 449 g/mol. The minimum Gasteiger partial charge on any atom is -0.327 e. The van der Waals surface area contributed by atoms with Crippen molar-refractivity contribution in [2.75, 3.05) is 0 Å². The van der Waals surface area contributed by atoms with Gasteiger partial charge in [-0.2, -0.15) is 5.26 Å². The van der Waals surface area contributed by atoms with E-state index in [0.717, 1.165) is 22.3 Å². The number of halogens is 3. The first kappa shape index (κ1) is 21.2. The monoisotopic (exact) mass is 463 g/mol. The van der Waals surface area contributed by atoms with Gasteiger partial charge in [0.15, 0.2) is 5.82 Å². The van der Waals surface area contributed by atoms with Gasteiger partial charge in [0.05, 0.1) is 6.54 Å². The van der Waals surface area contributed by atoms with Crippen LogP contribution in [-0.4, -0.2) is 10.8 Å². The fourth-order valence-electron chi connectivity index (χ4n) is 3.27. The molecule has 6 heteroatoms. The molecule has 0 saturated carbocycles. The maximum atomic E-state index is 9.97. The molecule has 3 nitrogen and oxygen atoms in total. The van der Waals surface area contributed by atoms with E-state index in [1.165, 1.54) is 0 Å². The molecule has 0 bridgehead atoms. The van der Waals surface area contributed by atoms with Crippen LogP contribution in [0.4, 0.5) is 5.82 Å². The largest absolute Gasteiger partial charge is 0.327 e. The first-order chi connectivity index (χ1) is 15.0. The molecule has 0 aliphatic heterocycles. The number of benzene rings is 3. The van der Waals surface area contributed by atoms with Crippen LogP contribution in [-0.2, 0) is 6.54 Å². The summed E-state index contributed by atoms with van der Waals surface area (Å²) in [6.07, 6.45) is 3.66. The molecule has 0 spiro atoms. The summed E-state index contributed by atoms with van der Waals surface area (Å²) in [7, 11) is 0. The van der Waals surface area contributed by atoms with E-state index in [2.05, 4.69) is 11.1 Å². The number of hydrogen-bond acceptors (Lipinski definition) is 2. The zero-order valence-electron chi connectivity index (χ0n) is 16.3. The predicted octanol–water partition coefficient (Wildman–Crippen LogP) is 7.79. The van der Waals surface area contributed by atoms with Gasteiger partial charge in [0.1, 0.15) is 11.6 Å². The normalized spacial score (nSPS) is 11.0. The zero-order valence-corrected chi connectivity index (χ0v) is 18.5. The fourth-order valence-corrected chi connectivity index (χ4v) is 3.86. The number of nitrogens with zero attached hydrogens (tertiary/aromatic N) is 3. The number of aliphatic imine (C=N–C) groups is 1. The molecule has 0 aliphatic carbocycles. The maximum absolute atomic E-state index is 9.97. The van der Waals surface area contributed by atoms with E-state index in [-0.39, 0.29) is 0 Å². The second-order valence-electron chi connectivity index (χ2n) is 6.89. The third-order valence-electron chi connectivity index (χ3n) is 4.81. The van der Waals surface area contributed by atoms with Crippen molar-refractivity contribution in [3.05, 3.63) is 111 Å². The fraction of sp³-hybridized carbons (Fsp3) is 0.0400. The second-order valence-corrected chi connectivity index (χ2v) is 8.17. The number of hydrogen-bond donors (Lipinski definition) is 0. The van der Waals surface area contributed by atoms with Crippen LogP contribution in [0.5, 0.6) is 0 Å². The van der Waals surface area contributed by atoms with E-state index in [9.17, 15) is 5.26 Å². The van der Waals surface area contributed by atoms with Crippen molar-refractivity contribution in [3.63, 3.8) is 0 Å². The lowest BCUT2D eigenvalue weighted by Gasteiger charge is -2.08. The summed E-state index contributed by atoms with van der Waals surface area (Å²) in [6.45, 7) is 0.449. The van der Waals surface area contributed by atoms with Crippen molar-refractivity contribution >= 4 is 46.8 Å². The Morgan fingerprint density at radius 3 is 2.29 bits per heavy atom. The Hall–Kier alpha value is -3.03. The molecule has 4 aromatic rings. The van der Waals surface area contributed by atoms with Crippen molar-refractivity contribution in [1.29, 1.82) is 5.26 Å². The van der Waals surface area contributed by atoms with E-state index < -0.39 is 0 Å². The molecule has 0 radical (unpaired) electrons. The first-order valence-corrected chi connectivity index (χ1v) is 10.6. The van der Waals surface area contributed by atoms with Crippen molar-refractivity contribution in [3.8, 4) is 17.2 Å². The highest BCUT2D eigenvalue weighted by atomic mass is 35.5. The summed E-state index contributed by atoms with van der Waals surface area (Å²) in [6, 6.07) is 24.9. The molecule has 0 aliphatic rings. The number of aromatic nitrogens is 1. The highest BCUT2D eigenvalue weighted by Gasteiger charge is 2.17. The topological polar surface area (TPSA) is 41.1 Å². The van der Waals surface area contributed by atoms with Gasteiger partial charge in [-0.3, -0.25) is 0 Å². The third kappa shape index (κ3) is 4.84. The van der Waals surface area contributed by atoms with E-state index in [4.69, 9.17) is 34.8 Å². The van der Waals surface area contributed by atoms with Crippen LogP contribution in [0.15, 0.2) is 84.0 Å². The van der Waals surface area contributed by atoms with Crippen LogP contribution in [0, 0.1) is 11.3 Å². The van der Waals surface area contributed by atoms with Crippen LogP contribution in [0.1, 0.15) is 16.7 Å². The standard InChI is InChI=1S/C25H16Cl3N3/c26-20-9-6-17(7-10-20)14-30-25-22(13-29)23(18-4-2-1-3-5-18)16-31(25)15-19-8-11-21(27)12-24(19)28/h1-12,14,16H,15H2/b30-14+. The van der Waals surface area contributed by atoms with Gasteiger partial charge in [0, 0.05) is 33.0 Å². The summed E-state index contributed by atoms with van der Waals surface area (Å²) in [5.74, 6) is 0.558. The van der Waals surface area contributed by atoms with Crippen molar-refractivity contribution in [2.45, 2.75) is 6.54 Å². The minimum atomic E-state index is 0.449. The molecule has 0 fully saturated rings. The Kier molecular flexibility index (Phi) is 6.44.